The summed E-state index contributed by atoms with van der Waals surface area (Å²) >= 11 is 3.38. The first-order valence-electron chi connectivity index (χ1n) is 5.40. The maximum atomic E-state index is 11.7. The van der Waals surface area contributed by atoms with Crippen LogP contribution in [0.5, 0.6) is 5.75 Å². The Morgan fingerprint density at radius 1 is 1.59 bits per heavy atom. The van der Waals surface area contributed by atoms with E-state index in [1.165, 1.54) is 0 Å². The van der Waals surface area contributed by atoms with Gasteiger partial charge in [-0.15, -0.1) is 0 Å². The summed E-state index contributed by atoms with van der Waals surface area (Å²) in [6, 6.07) is 3.22. The zero-order valence-electron chi connectivity index (χ0n) is 10.2. The summed E-state index contributed by atoms with van der Waals surface area (Å²) < 4.78 is 6.14. The number of aryl methyl sites for hydroxylation is 1. The Labute approximate surface area is 110 Å². The number of rotatable bonds is 4. The van der Waals surface area contributed by atoms with Gasteiger partial charge in [0.1, 0.15) is 5.75 Å². The third kappa shape index (κ3) is 3.44. The first kappa shape index (κ1) is 14.0. The minimum absolute atomic E-state index is 0.198. The Bertz CT molecular complexity index is 421. The number of ether oxygens (including phenoxy) is 1. The average molecular weight is 301 g/mol. The fourth-order valence-corrected chi connectivity index (χ4v) is 1.99. The molecule has 0 radical (unpaired) electrons. The van der Waals surface area contributed by atoms with Crippen molar-refractivity contribution in [2.45, 2.75) is 26.3 Å². The van der Waals surface area contributed by atoms with Crippen LogP contribution in [0.4, 0.5) is 5.69 Å². The summed E-state index contributed by atoms with van der Waals surface area (Å²) in [6.07, 6.45) is 0.601. The fourth-order valence-electron chi connectivity index (χ4n) is 1.43. The lowest BCUT2D eigenvalue weighted by Crippen LogP contribution is -2.35. The molecule has 5 heteroatoms. The molecule has 0 bridgehead atoms. The van der Waals surface area contributed by atoms with Gasteiger partial charge in [-0.25, -0.2) is 0 Å². The van der Waals surface area contributed by atoms with E-state index in [0.29, 0.717) is 17.9 Å². The van der Waals surface area contributed by atoms with Gasteiger partial charge < -0.3 is 15.8 Å². The van der Waals surface area contributed by atoms with Crippen LogP contribution in [-0.4, -0.2) is 19.1 Å². The molecule has 0 unspecified atom stereocenters. The van der Waals surface area contributed by atoms with Crippen molar-refractivity contribution in [1.29, 1.82) is 0 Å². The van der Waals surface area contributed by atoms with Crippen molar-refractivity contribution in [3.63, 3.8) is 0 Å². The van der Waals surface area contributed by atoms with Crippen molar-refractivity contribution in [2.24, 2.45) is 5.73 Å². The maximum absolute atomic E-state index is 11.7. The molecule has 0 saturated carbocycles. The molecule has 0 aliphatic carbocycles. The third-order valence-electron chi connectivity index (χ3n) is 2.51. The van der Waals surface area contributed by atoms with Crippen molar-refractivity contribution in [1.82, 2.24) is 0 Å². The van der Waals surface area contributed by atoms with E-state index in [-0.39, 0.29) is 5.91 Å². The van der Waals surface area contributed by atoms with Crippen LogP contribution in [0.3, 0.4) is 0 Å². The second-order valence-corrected chi connectivity index (χ2v) is 4.72. The third-order valence-corrected chi connectivity index (χ3v) is 2.97. The number of benzene rings is 1. The molecule has 0 saturated heterocycles. The van der Waals surface area contributed by atoms with E-state index in [9.17, 15) is 4.79 Å². The molecule has 3 N–H and O–H groups in total. The second-order valence-electron chi connectivity index (χ2n) is 3.80. The fraction of sp³-hybridized carbons (Fsp3) is 0.417. The number of carbonyl (C=O) groups excluding carboxylic acids is 1. The number of carbonyl (C=O) groups is 1. The van der Waals surface area contributed by atoms with Crippen LogP contribution in [0.1, 0.15) is 18.9 Å². The van der Waals surface area contributed by atoms with Crippen LogP contribution in [-0.2, 0) is 4.79 Å². The molecule has 1 rings (SSSR count). The van der Waals surface area contributed by atoms with Gasteiger partial charge in [-0.3, -0.25) is 4.79 Å². The van der Waals surface area contributed by atoms with Crippen molar-refractivity contribution in [3.8, 4) is 5.75 Å². The molecule has 1 aromatic carbocycles. The lowest BCUT2D eigenvalue weighted by atomic mass is 10.1. The molecule has 1 aromatic rings. The van der Waals surface area contributed by atoms with Gasteiger partial charge in [0.15, 0.2) is 0 Å². The molecule has 17 heavy (non-hydrogen) atoms. The maximum Gasteiger partial charge on any atom is 0.241 e. The van der Waals surface area contributed by atoms with Gasteiger partial charge in [-0.05, 0) is 31.0 Å². The zero-order chi connectivity index (χ0) is 13.0. The van der Waals surface area contributed by atoms with Gasteiger partial charge >= 0.3 is 0 Å². The largest absolute Gasteiger partial charge is 0.495 e. The van der Waals surface area contributed by atoms with Crippen LogP contribution < -0.4 is 15.8 Å². The highest BCUT2D eigenvalue weighted by Crippen LogP contribution is 2.32. The van der Waals surface area contributed by atoms with Gasteiger partial charge in [0.2, 0.25) is 5.91 Å². The summed E-state index contributed by atoms with van der Waals surface area (Å²) in [5.74, 6) is 0.421. The number of amides is 1. The Balaban J connectivity index is 3.01. The molecule has 1 amide bonds. The van der Waals surface area contributed by atoms with Gasteiger partial charge in [0.25, 0.3) is 0 Å². The molecular formula is C12H17BrN2O2. The van der Waals surface area contributed by atoms with E-state index in [2.05, 4.69) is 21.2 Å². The van der Waals surface area contributed by atoms with Gasteiger partial charge in [0.05, 0.1) is 18.8 Å². The lowest BCUT2D eigenvalue weighted by Gasteiger charge is -2.15. The molecule has 0 aromatic heterocycles. The molecular weight excluding hydrogens is 284 g/mol. The highest BCUT2D eigenvalue weighted by molar-refractivity contribution is 9.10. The number of nitrogens with two attached hydrogens (primary N) is 1. The molecule has 1 atom stereocenters. The van der Waals surface area contributed by atoms with Gasteiger partial charge in [0, 0.05) is 4.47 Å². The van der Waals surface area contributed by atoms with E-state index < -0.39 is 6.04 Å². The number of hydrogen-bond donors (Lipinski definition) is 2. The molecule has 0 heterocycles. The van der Waals surface area contributed by atoms with Gasteiger partial charge in [-0.1, -0.05) is 22.9 Å². The van der Waals surface area contributed by atoms with Gasteiger partial charge in [-0.2, -0.15) is 0 Å². The van der Waals surface area contributed by atoms with Crippen molar-refractivity contribution in [3.05, 3.63) is 22.2 Å². The summed E-state index contributed by atoms with van der Waals surface area (Å²) in [5.41, 5.74) is 7.27. The van der Waals surface area contributed by atoms with Crippen LogP contribution in [0, 0.1) is 6.92 Å². The standard InChI is InChI=1S/C12H17BrN2O2/c1-4-9(14)12(16)15-11-7(2)5-8(13)6-10(11)17-3/h5-6,9H,4,14H2,1-3H3,(H,15,16)/t9-/m0/s1. The first-order valence-corrected chi connectivity index (χ1v) is 6.19. The monoisotopic (exact) mass is 300 g/mol. The molecule has 0 spiro atoms. The van der Waals surface area contributed by atoms with E-state index >= 15 is 0 Å². The number of hydrogen-bond acceptors (Lipinski definition) is 3. The van der Waals surface area contributed by atoms with E-state index in [1.807, 2.05) is 19.9 Å². The predicted octanol–water partition coefficient (Wildman–Crippen LogP) is 2.44. The number of nitrogens with one attached hydrogen (secondary N) is 1. The zero-order valence-corrected chi connectivity index (χ0v) is 11.8. The first-order chi connectivity index (χ1) is 7.99. The Morgan fingerprint density at radius 3 is 2.76 bits per heavy atom. The summed E-state index contributed by atoms with van der Waals surface area (Å²) in [7, 11) is 1.57. The van der Waals surface area contributed by atoms with Crippen LogP contribution >= 0.6 is 15.9 Å². The van der Waals surface area contributed by atoms with Crippen LogP contribution in [0.15, 0.2) is 16.6 Å². The quantitative estimate of drug-likeness (QED) is 0.898. The van der Waals surface area contributed by atoms with Crippen LogP contribution in [0.2, 0.25) is 0 Å². The van der Waals surface area contributed by atoms with Crippen LogP contribution in [0.25, 0.3) is 0 Å². The molecule has 0 aliphatic rings. The highest BCUT2D eigenvalue weighted by Gasteiger charge is 2.15. The number of anilines is 1. The van der Waals surface area contributed by atoms with Crippen molar-refractivity contribution in [2.75, 3.05) is 12.4 Å². The Hall–Kier alpha value is -1.07. The average Bonchev–Trinajstić information content (AvgIpc) is 2.30. The SMILES string of the molecule is CC[C@H](N)C(=O)Nc1c(C)cc(Br)cc1OC. The normalized spacial score (nSPS) is 12.1. The number of halogens is 1. The van der Waals surface area contributed by atoms with Crippen molar-refractivity contribution >= 4 is 27.5 Å². The summed E-state index contributed by atoms with van der Waals surface area (Å²) in [5, 5.41) is 2.80. The summed E-state index contributed by atoms with van der Waals surface area (Å²) in [4.78, 5) is 11.7. The van der Waals surface area contributed by atoms with E-state index in [0.717, 1.165) is 10.0 Å². The number of methoxy groups -OCH3 is 1. The second kappa shape index (κ2) is 6.02. The predicted molar refractivity (Wildman–Crippen MR) is 72.3 cm³/mol. The minimum atomic E-state index is -0.497. The summed E-state index contributed by atoms with van der Waals surface area (Å²) in [6.45, 7) is 3.77. The molecule has 0 fully saturated rings. The Morgan fingerprint density at radius 2 is 2.24 bits per heavy atom. The van der Waals surface area contributed by atoms with Crippen molar-refractivity contribution < 1.29 is 9.53 Å². The lowest BCUT2D eigenvalue weighted by molar-refractivity contribution is -0.117. The topological polar surface area (TPSA) is 64.4 Å². The smallest absolute Gasteiger partial charge is 0.241 e. The van der Waals surface area contributed by atoms with E-state index in [1.54, 1.807) is 13.2 Å². The minimum Gasteiger partial charge on any atom is -0.495 e. The molecule has 94 valence electrons. The highest BCUT2D eigenvalue weighted by atomic mass is 79.9. The van der Waals surface area contributed by atoms with E-state index in [4.69, 9.17) is 10.5 Å². The Kier molecular flexibility index (Phi) is 4.96. The molecule has 0 aliphatic heterocycles. The molecule has 4 nitrogen and oxygen atoms in total.